The average Bonchev–Trinajstić information content (AvgIpc) is 2.53. The van der Waals surface area contributed by atoms with E-state index >= 15 is 0 Å². The highest BCUT2D eigenvalue weighted by molar-refractivity contribution is 4.57. The van der Waals surface area contributed by atoms with E-state index in [0.29, 0.717) is 6.61 Å². The zero-order chi connectivity index (χ0) is 17.3. The maximum absolute atomic E-state index is 9.66. The molecule has 0 rings (SSSR count). The largest absolute Gasteiger partial charge is 0.394 e. The van der Waals surface area contributed by atoms with Crippen LogP contribution in [0.5, 0.6) is 0 Å². The fourth-order valence-electron chi connectivity index (χ4n) is 1.86. The maximum Gasteiger partial charge on any atom is 0.101 e. The molecule has 0 aromatic heterocycles. The van der Waals surface area contributed by atoms with Crippen molar-refractivity contribution in [2.75, 3.05) is 46.2 Å². The van der Waals surface area contributed by atoms with Gasteiger partial charge < -0.3 is 34.6 Å². The summed E-state index contributed by atoms with van der Waals surface area (Å²) in [4.78, 5) is 0. The lowest BCUT2D eigenvalue weighted by Crippen LogP contribution is -2.29. The Morgan fingerprint density at radius 2 is 1.13 bits per heavy atom. The van der Waals surface area contributed by atoms with Gasteiger partial charge in [-0.3, -0.25) is 0 Å². The Morgan fingerprint density at radius 1 is 0.652 bits per heavy atom. The molecule has 0 aromatic carbocycles. The molecular formula is C16H34O7. The van der Waals surface area contributed by atoms with Crippen LogP contribution in [0.3, 0.4) is 0 Å². The second-order valence-electron chi connectivity index (χ2n) is 5.71. The van der Waals surface area contributed by atoms with E-state index in [4.69, 9.17) is 24.4 Å². The molecule has 0 heterocycles. The summed E-state index contributed by atoms with van der Waals surface area (Å²) in [6.07, 6.45) is 3.35. The zero-order valence-electron chi connectivity index (χ0n) is 14.2. The van der Waals surface area contributed by atoms with Crippen molar-refractivity contribution in [3.8, 4) is 0 Å². The van der Waals surface area contributed by atoms with Crippen molar-refractivity contribution in [2.45, 2.75) is 57.3 Å². The summed E-state index contributed by atoms with van der Waals surface area (Å²) >= 11 is 0. The topological polar surface area (TPSA) is 109 Å². The predicted octanol–water partition coefficient (Wildman–Crippen LogP) is 0.0816. The van der Waals surface area contributed by atoms with Crippen LogP contribution >= 0.6 is 0 Å². The van der Waals surface area contributed by atoms with E-state index in [-0.39, 0.29) is 39.6 Å². The van der Waals surface area contributed by atoms with E-state index in [9.17, 15) is 10.2 Å². The lowest BCUT2D eigenvalue weighted by Gasteiger charge is -2.15. The smallest absolute Gasteiger partial charge is 0.101 e. The molecule has 0 amide bonds. The van der Waals surface area contributed by atoms with E-state index in [1.165, 1.54) is 19.3 Å². The minimum absolute atomic E-state index is 0.00140. The first-order valence-electron chi connectivity index (χ1n) is 8.48. The zero-order valence-corrected chi connectivity index (χ0v) is 14.2. The average molecular weight is 338 g/mol. The standard InChI is InChI=1S/C16H34O7/c1-2-3-4-5-6-7-21-10-15(19)11-23-13-16(20)12-22-9-14(18)8-17/h14-20H,2-13H2,1H3. The van der Waals surface area contributed by atoms with Crippen LogP contribution in [0, 0.1) is 0 Å². The molecule has 4 N–H and O–H groups in total. The first-order chi connectivity index (χ1) is 11.1. The highest BCUT2D eigenvalue weighted by Gasteiger charge is 2.10. The molecule has 0 fully saturated rings. The Morgan fingerprint density at radius 3 is 1.65 bits per heavy atom. The van der Waals surface area contributed by atoms with Crippen LogP contribution in [0.2, 0.25) is 0 Å². The van der Waals surface area contributed by atoms with Gasteiger partial charge in [-0.1, -0.05) is 32.6 Å². The Balaban J connectivity index is 3.36. The molecule has 0 aliphatic carbocycles. The summed E-state index contributed by atoms with van der Waals surface area (Å²) in [5, 5.41) is 36.9. The number of hydrogen-bond donors (Lipinski definition) is 4. The van der Waals surface area contributed by atoms with Crippen molar-refractivity contribution >= 4 is 0 Å². The number of aliphatic hydroxyl groups excluding tert-OH is 4. The van der Waals surface area contributed by atoms with Crippen molar-refractivity contribution in [2.24, 2.45) is 0 Å². The molecule has 3 unspecified atom stereocenters. The fourth-order valence-corrected chi connectivity index (χ4v) is 1.86. The fraction of sp³-hybridized carbons (Fsp3) is 1.00. The second-order valence-corrected chi connectivity index (χ2v) is 5.71. The van der Waals surface area contributed by atoms with Crippen molar-refractivity contribution in [1.82, 2.24) is 0 Å². The van der Waals surface area contributed by atoms with Gasteiger partial charge in [0.1, 0.15) is 18.3 Å². The highest BCUT2D eigenvalue weighted by atomic mass is 16.5. The summed E-state index contributed by atoms with van der Waals surface area (Å²) in [6.45, 7) is 2.75. The van der Waals surface area contributed by atoms with Crippen LogP contribution in [0.15, 0.2) is 0 Å². The minimum atomic E-state index is -0.941. The number of unbranched alkanes of at least 4 members (excludes halogenated alkanes) is 4. The van der Waals surface area contributed by atoms with Gasteiger partial charge >= 0.3 is 0 Å². The van der Waals surface area contributed by atoms with Crippen LogP contribution in [-0.4, -0.2) is 85.0 Å². The summed E-state index contributed by atoms with van der Waals surface area (Å²) in [7, 11) is 0. The van der Waals surface area contributed by atoms with Crippen LogP contribution in [0.1, 0.15) is 39.0 Å². The SMILES string of the molecule is CCCCCCCOCC(O)COCC(O)COCC(O)CO. The van der Waals surface area contributed by atoms with Crippen LogP contribution in [0.4, 0.5) is 0 Å². The van der Waals surface area contributed by atoms with Gasteiger partial charge in [-0.25, -0.2) is 0 Å². The van der Waals surface area contributed by atoms with Crippen molar-refractivity contribution < 1.29 is 34.6 Å². The van der Waals surface area contributed by atoms with Gasteiger partial charge in [-0.05, 0) is 6.42 Å². The highest BCUT2D eigenvalue weighted by Crippen LogP contribution is 2.02. The van der Waals surface area contributed by atoms with Crippen molar-refractivity contribution in [3.05, 3.63) is 0 Å². The lowest BCUT2D eigenvalue weighted by atomic mass is 10.2. The third kappa shape index (κ3) is 16.4. The van der Waals surface area contributed by atoms with Gasteiger partial charge in [0, 0.05) is 6.61 Å². The molecule has 0 saturated heterocycles. The molecule has 7 nitrogen and oxygen atoms in total. The quantitative estimate of drug-likeness (QED) is 0.278. The molecule has 23 heavy (non-hydrogen) atoms. The van der Waals surface area contributed by atoms with Gasteiger partial charge in [0.15, 0.2) is 0 Å². The Labute approximate surface area is 139 Å². The Hall–Kier alpha value is -0.280. The lowest BCUT2D eigenvalue weighted by molar-refractivity contribution is -0.0676. The van der Waals surface area contributed by atoms with Crippen LogP contribution in [-0.2, 0) is 14.2 Å². The molecule has 0 spiro atoms. The molecule has 0 saturated carbocycles. The number of rotatable bonds is 17. The predicted molar refractivity (Wildman–Crippen MR) is 86.3 cm³/mol. The minimum Gasteiger partial charge on any atom is -0.394 e. The molecule has 3 atom stereocenters. The number of ether oxygens (including phenoxy) is 3. The molecule has 0 aliphatic heterocycles. The molecular weight excluding hydrogens is 304 g/mol. The monoisotopic (exact) mass is 338 g/mol. The summed E-state index contributed by atoms with van der Waals surface area (Å²) in [6, 6.07) is 0. The summed E-state index contributed by atoms with van der Waals surface area (Å²) in [5.74, 6) is 0. The van der Waals surface area contributed by atoms with E-state index in [1.54, 1.807) is 0 Å². The summed E-state index contributed by atoms with van der Waals surface area (Å²) in [5.41, 5.74) is 0. The molecule has 0 aromatic rings. The molecule has 0 aliphatic rings. The van der Waals surface area contributed by atoms with Gasteiger partial charge in [0.2, 0.25) is 0 Å². The number of hydrogen-bond acceptors (Lipinski definition) is 7. The molecule has 140 valence electrons. The van der Waals surface area contributed by atoms with E-state index < -0.39 is 18.3 Å². The normalized spacial score (nSPS) is 15.5. The first-order valence-corrected chi connectivity index (χ1v) is 8.48. The second kappa shape index (κ2) is 16.6. The van der Waals surface area contributed by atoms with Crippen molar-refractivity contribution in [3.63, 3.8) is 0 Å². The summed E-state index contributed by atoms with van der Waals surface area (Å²) < 4.78 is 15.5. The van der Waals surface area contributed by atoms with Gasteiger partial charge in [-0.2, -0.15) is 0 Å². The van der Waals surface area contributed by atoms with Gasteiger partial charge in [0.25, 0.3) is 0 Å². The number of aliphatic hydroxyl groups is 4. The van der Waals surface area contributed by atoms with E-state index in [2.05, 4.69) is 6.92 Å². The van der Waals surface area contributed by atoms with Gasteiger partial charge in [-0.15, -0.1) is 0 Å². The Kier molecular flexibility index (Phi) is 16.4. The van der Waals surface area contributed by atoms with E-state index in [0.717, 1.165) is 12.8 Å². The molecule has 7 heteroatoms. The molecule has 0 radical (unpaired) electrons. The van der Waals surface area contributed by atoms with Crippen LogP contribution in [0.25, 0.3) is 0 Å². The Bertz CT molecular complexity index is 240. The molecule has 0 bridgehead atoms. The van der Waals surface area contributed by atoms with Gasteiger partial charge in [0.05, 0.1) is 39.6 Å². The first kappa shape index (κ1) is 22.7. The van der Waals surface area contributed by atoms with E-state index in [1.807, 2.05) is 0 Å². The third-order valence-electron chi connectivity index (χ3n) is 3.15. The third-order valence-corrected chi connectivity index (χ3v) is 3.15. The van der Waals surface area contributed by atoms with Crippen molar-refractivity contribution in [1.29, 1.82) is 0 Å². The van der Waals surface area contributed by atoms with Crippen LogP contribution < -0.4 is 0 Å². The maximum atomic E-state index is 9.66.